The summed E-state index contributed by atoms with van der Waals surface area (Å²) in [6, 6.07) is 5.34. The van der Waals surface area contributed by atoms with E-state index in [2.05, 4.69) is 4.98 Å². The number of alkyl halides is 3. The van der Waals surface area contributed by atoms with Gasteiger partial charge in [0.1, 0.15) is 35.7 Å². The van der Waals surface area contributed by atoms with Crippen LogP contribution in [0.1, 0.15) is 22.4 Å². The lowest BCUT2D eigenvalue weighted by Gasteiger charge is -2.31. The van der Waals surface area contributed by atoms with Crippen LogP contribution in [0.4, 0.5) is 24.7 Å². The third kappa shape index (κ3) is 3.56. The number of aromatic nitrogens is 1. The van der Waals surface area contributed by atoms with Gasteiger partial charge < -0.3 is 20.0 Å². The number of aliphatic hydroxyl groups is 2. The van der Waals surface area contributed by atoms with E-state index >= 15 is 0 Å². The second-order valence-corrected chi connectivity index (χ2v) is 7.94. The second-order valence-electron chi connectivity index (χ2n) is 7.94. The molecule has 0 saturated carbocycles. The maximum Gasteiger partial charge on any atom is 0.416 e. The number of nitrogens with zero attached hydrogens (tertiary/aromatic N) is 3. The normalized spacial score (nSPS) is 22.3. The van der Waals surface area contributed by atoms with Gasteiger partial charge in [0.25, 0.3) is 5.91 Å². The predicted octanol–water partition coefficient (Wildman–Crippen LogP) is 1.80. The molecule has 2 heterocycles. The monoisotopic (exact) mass is 447 g/mol. The minimum absolute atomic E-state index is 0.0159. The zero-order chi connectivity index (χ0) is 23.4. The lowest BCUT2D eigenvalue weighted by atomic mass is 9.88. The Bertz CT molecular complexity index is 1140. The molecule has 2 N–H and O–H groups in total. The summed E-state index contributed by atoms with van der Waals surface area (Å²) >= 11 is 0. The van der Waals surface area contributed by atoms with Crippen LogP contribution in [-0.4, -0.2) is 52.3 Å². The van der Waals surface area contributed by atoms with E-state index in [4.69, 9.17) is 0 Å². The molecule has 0 radical (unpaired) electrons. The van der Waals surface area contributed by atoms with Crippen LogP contribution in [0.3, 0.4) is 0 Å². The molecule has 0 spiro atoms. The summed E-state index contributed by atoms with van der Waals surface area (Å²) in [5, 5.41) is 20.9. The highest BCUT2D eigenvalue weighted by atomic mass is 19.4. The molecule has 32 heavy (non-hydrogen) atoms. The first-order valence-electron chi connectivity index (χ1n) is 9.88. The van der Waals surface area contributed by atoms with Crippen molar-refractivity contribution in [2.45, 2.75) is 44.2 Å². The maximum absolute atomic E-state index is 13.3. The molecule has 1 aliphatic heterocycles. The average molecular weight is 447 g/mol. The van der Waals surface area contributed by atoms with Gasteiger partial charge in [-0.1, -0.05) is 6.07 Å². The second kappa shape index (κ2) is 7.74. The molecule has 1 aromatic heterocycles. The van der Waals surface area contributed by atoms with Gasteiger partial charge in [0.2, 0.25) is 0 Å². The van der Waals surface area contributed by atoms with Gasteiger partial charge in [-0.3, -0.25) is 4.79 Å². The number of fused-ring (bicyclic) bond motifs is 1. The SMILES string of the molecule is Cc1cc(C(F)(F)F)cc(N2C(=C=O)[C@@H](O)[C@H](O)[C@H]2C(=O)N(C)c2ccc3c(c2)CC3)n1. The van der Waals surface area contributed by atoms with Crippen LogP contribution in [0.15, 0.2) is 36.0 Å². The lowest BCUT2D eigenvalue weighted by molar-refractivity contribution is -0.137. The Morgan fingerprint density at radius 2 is 1.88 bits per heavy atom. The smallest absolute Gasteiger partial charge is 0.387 e. The number of anilines is 2. The summed E-state index contributed by atoms with van der Waals surface area (Å²) < 4.78 is 40.0. The maximum atomic E-state index is 13.3. The van der Waals surface area contributed by atoms with Gasteiger partial charge >= 0.3 is 6.18 Å². The van der Waals surface area contributed by atoms with E-state index in [1.54, 1.807) is 6.07 Å². The van der Waals surface area contributed by atoms with Crippen LogP contribution in [0.25, 0.3) is 0 Å². The summed E-state index contributed by atoms with van der Waals surface area (Å²) in [6.07, 6.45) is -6.48. The van der Waals surface area contributed by atoms with Crippen LogP contribution < -0.4 is 9.80 Å². The Balaban J connectivity index is 1.77. The van der Waals surface area contributed by atoms with Crippen molar-refractivity contribution in [1.82, 2.24) is 4.98 Å². The van der Waals surface area contributed by atoms with E-state index in [0.29, 0.717) is 11.8 Å². The highest BCUT2D eigenvalue weighted by Gasteiger charge is 2.51. The molecule has 1 fully saturated rings. The third-order valence-corrected chi connectivity index (χ3v) is 5.91. The molecule has 7 nitrogen and oxygen atoms in total. The summed E-state index contributed by atoms with van der Waals surface area (Å²) in [5.41, 5.74) is 1.15. The third-order valence-electron chi connectivity index (χ3n) is 5.91. The van der Waals surface area contributed by atoms with Crippen molar-refractivity contribution in [2.75, 3.05) is 16.8 Å². The van der Waals surface area contributed by atoms with Crippen molar-refractivity contribution in [1.29, 1.82) is 0 Å². The molecule has 2 aromatic rings. The van der Waals surface area contributed by atoms with Crippen LogP contribution in [0.2, 0.25) is 0 Å². The van der Waals surface area contributed by atoms with Crippen molar-refractivity contribution >= 4 is 23.4 Å². The fourth-order valence-electron chi connectivity index (χ4n) is 4.07. The van der Waals surface area contributed by atoms with E-state index in [1.807, 2.05) is 12.1 Å². The molecule has 0 unspecified atom stereocenters. The molecule has 1 aliphatic carbocycles. The number of carbonyl (C=O) groups is 1. The molecule has 1 aromatic carbocycles. The molecule has 0 bridgehead atoms. The minimum atomic E-state index is -4.70. The Morgan fingerprint density at radius 3 is 2.44 bits per heavy atom. The standard InChI is InChI=1S/C22H20F3N3O4/c1-11-7-14(22(23,24)25)9-17(26-11)28-16(10-29)19(30)20(31)18(28)21(32)27(2)15-6-5-12-3-4-13(12)8-15/h5-9,18-20,30-31H,3-4H2,1-2H3/t18-,19+,20+/m0/s1. The zero-order valence-corrected chi connectivity index (χ0v) is 17.2. The Labute approximate surface area is 181 Å². The number of hydrogen-bond acceptors (Lipinski definition) is 6. The van der Waals surface area contributed by atoms with E-state index in [9.17, 15) is 33.0 Å². The van der Waals surface area contributed by atoms with Gasteiger partial charge in [-0.15, -0.1) is 0 Å². The van der Waals surface area contributed by atoms with Crippen LogP contribution in [0.5, 0.6) is 0 Å². The number of benzene rings is 1. The molecule has 10 heteroatoms. The van der Waals surface area contributed by atoms with Crippen LogP contribution in [0, 0.1) is 6.92 Å². The number of pyridine rings is 1. The highest BCUT2D eigenvalue weighted by Crippen LogP contribution is 2.37. The number of rotatable bonds is 3. The zero-order valence-electron chi connectivity index (χ0n) is 17.2. The molecule has 2 aliphatic rings. The fraction of sp³-hybridized carbons (Fsp3) is 0.364. The number of aryl methyl sites for hydroxylation is 3. The van der Waals surface area contributed by atoms with Crippen molar-refractivity contribution in [3.05, 3.63) is 58.4 Å². The molecule has 1 amide bonds. The van der Waals surface area contributed by atoms with Crippen molar-refractivity contribution in [3.63, 3.8) is 0 Å². The molecule has 4 rings (SSSR count). The quantitative estimate of drug-likeness (QED) is 0.697. The Morgan fingerprint density at radius 1 is 1.19 bits per heavy atom. The van der Waals surface area contributed by atoms with Gasteiger partial charge in [0.05, 0.1) is 5.56 Å². The van der Waals surface area contributed by atoms with E-state index in [0.717, 1.165) is 29.4 Å². The van der Waals surface area contributed by atoms with Crippen LogP contribution >= 0.6 is 0 Å². The Kier molecular flexibility index (Phi) is 5.32. The molecular formula is C22H20F3N3O4. The first-order valence-corrected chi connectivity index (χ1v) is 9.88. The van der Waals surface area contributed by atoms with Crippen LogP contribution in [-0.2, 0) is 28.6 Å². The topological polar surface area (TPSA) is 94.0 Å². The van der Waals surface area contributed by atoms with Crippen molar-refractivity contribution in [3.8, 4) is 0 Å². The minimum Gasteiger partial charge on any atom is -0.387 e. The number of aliphatic hydroxyl groups excluding tert-OH is 2. The molecular weight excluding hydrogens is 427 g/mol. The molecule has 1 saturated heterocycles. The van der Waals surface area contributed by atoms with E-state index in [-0.39, 0.29) is 5.69 Å². The summed E-state index contributed by atoms with van der Waals surface area (Å²) in [5.74, 6) is 0.333. The number of hydrogen-bond donors (Lipinski definition) is 2. The van der Waals surface area contributed by atoms with Crippen molar-refractivity contribution < 1.29 is 33.0 Å². The molecule has 168 valence electrons. The van der Waals surface area contributed by atoms with Gasteiger partial charge in [0.15, 0.2) is 0 Å². The van der Waals surface area contributed by atoms with Gasteiger partial charge in [-0.05, 0) is 55.2 Å². The van der Waals surface area contributed by atoms with Crippen molar-refractivity contribution in [2.24, 2.45) is 0 Å². The number of halogens is 3. The summed E-state index contributed by atoms with van der Waals surface area (Å²) in [4.78, 5) is 31.0. The first-order chi connectivity index (χ1) is 15.0. The summed E-state index contributed by atoms with van der Waals surface area (Å²) in [6.45, 7) is 1.33. The fourth-order valence-corrected chi connectivity index (χ4v) is 4.07. The molecule has 3 atom stereocenters. The number of amides is 1. The number of carbonyl (C=O) groups excluding carboxylic acids is 2. The average Bonchev–Trinajstić information content (AvgIpc) is 2.97. The first kappa shape index (κ1) is 22.0. The summed E-state index contributed by atoms with van der Waals surface area (Å²) in [7, 11) is 1.45. The van der Waals surface area contributed by atoms with E-state index < -0.39 is 47.4 Å². The Hall–Kier alpha value is -3.20. The van der Waals surface area contributed by atoms with Gasteiger partial charge in [-0.2, -0.15) is 13.2 Å². The van der Waals surface area contributed by atoms with E-state index in [1.165, 1.54) is 30.4 Å². The van der Waals surface area contributed by atoms with Gasteiger partial charge in [0, 0.05) is 18.4 Å². The largest absolute Gasteiger partial charge is 0.416 e. The number of likely N-dealkylation sites (N-methyl/N-ethyl adjacent to an activating group) is 1. The predicted molar refractivity (Wildman–Crippen MR) is 109 cm³/mol. The lowest BCUT2D eigenvalue weighted by Crippen LogP contribution is -2.50. The highest BCUT2D eigenvalue weighted by molar-refractivity contribution is 6.01. The van der Waals surface area contributed by atoms with Gasteiger partial charge in [-0.25, -0.2) is 9.78 Å².